The van der Waals surface area contributed by atoms with Crippen molar-refractivity contribution in [2.24, 2.45) is 0 Å². The molecule has 2 saturated heterocycles. The van der Waals surface area contributed by atoms with E-state index in [0.29, 0.717) is 0 Å². The Balaban J connectivity index is 2.29. The van der Waals surface area contributed by atoms with Crippen LogP contribution in [0, 0.1) is 0 Å². The first-order valence-corrected chi connectivity index (χ1v) is 15.7. The summed E-state index contributed by atoms with van der Waals surface area (Å²) in [5.41, 5.74) is 0.449. The molecule has 2 aliphatic heterocycles. The van der Waals surface area contributed by atoms with Gasteiger partial charge in [-0.3, -0.25) is 0 Å². The smallest absolute Gasteiger partial charge is 0.350 e. The molecule has 4 unspecified atom stereocenters. The summed E-state index contributed by atoms with van der Waals surface area (Å²) < 4.78 is 38.3. The van der Waals surface area contributed by atoms with Crippen molar-refractivity contribution in [3.8, 4) is 0 Å². The minimum absolute atomic E-state index is 0.0857. The lowest BCUT2D eigenvalue weighted by Crippen LogP contribution is -2.62. The maximum atomic E-state index is 6.99. The van der Waals surface area contributed by atoms with E-state index < -0.39 is 8.56 Å². The molecule has 0 radical (unpaired) electrons. The van der Waals surface area contributed by atoms with Crippen molar-refractivity contribution in [1.29, 1.82) is 0 Å². The third-order valence-corrected chi connectivity index (χ3v) is 11.7. The third kappa shape index (κ3) is 9.17. The highest BCUT2D eigenvalue weighted by atomic mass is 28.4. The van der Waals surface area contributed by atoms with Crippen LogP contribution in [-0.4, -0.2) is 72.6 Å². The summed E-state index contributed by atoms with van der Waals surface area (Å²) in [7, 11) is -2.79. The molecule has 0 aliphatic carbocycles. The van der Waals surface area contributed by atoms with Crippen LogP contribution in [0.1, 0.15) is 92.9 Å². The van der Waals surface area contributed by atoms with E-state index >= 15 is 0 Å². The average Bonchev–Trinajstić information content (AvgIpc) is 2.67. The van der Waals surface area contributed by atoms with Gasteiger partial charge in [0.15, 0.2) is 0 Å². The molecule has 0 aromatic rings. The molecule has 2 heterocycles. The van der Waals surface area contributed by atoms with Gasteiger partial charge in [-0.15, -0.1) is 0 Å². The van der Waals surface area contributed by atoms with Gasteiger partial charge in [0.2, 0.25) is 0 Å². The molecule has 2 aliphatic rings. The fourth-order valence-electron chi connectivity index (χ4n) is 4.94. The number of rotatable bonds is 20. The summed E-state index contributed by atoms with van der Waals surface area (Å²) >= 11 is 0. The minimum atomic E-state index is -2.79. The lowest BCUT2D eigenvalue weighted by atomic mass is 10.1. The van der Waals surface area contributed by atoms with Crippen LogP contribution in [-0.2, 0) is 27.8 Å². The van der Waals surface area contributed by atoms with E-state index in [0.717, 1.165) is 91.0 Å². The van der Waals surface area contributed by atoms with Gasteiger partial charge in [0, 0.05) is 62.9 Å². The second kappa shape index (κ2) is 15.9. The highest BCUT2D eigenvalue weighted by Crippen LogP contribution is 2.50. The van der Waals surface area contributed by atoms with E-state index in [2.05, 4.69) is 41.5 Å². The van der Waals surface area contributed by atoms with Gasteiger partial charge in [0.1, 0.15) is 0 Å². The van der Waals surface area contributed by atoms with Crippen molar-refractivity contribution >= 4 is 8.56 Å². The van der Waals surface area contributed by atoms with E-state index in [-0.39, 0.29) is 35.5 Å². The largest absolute Gasteiger partial charge is 0.391 e. The Labute approximate surface area is 204 Å². The first-order valence-electron chi connectivity index (χ1n) is 13.7. The van der Waals surface area contributed by atoms with Crippen LogP contribution in [0.5, 0.6) is 0 Å². The Kier molecular flexibility index (Phi) is 14.0. The summed E-state index contributed by atoms with van der Waals surface area (Å²) in [6, 6.07) is 0. The van der Waals surface area contributed by atoms with Gasteiger partial charge in [-0.1, -0.05) is 26.7 Å². The van der Waals surface area contributed by atoms with E-state index in [9.17, 15) is 0 Å². The number of ether oxygens (including phenoxy) is 4. The van der Waals surface area contributed by atoms with Gasteiger partial charge in [0.25, 0.3) is 0 Å². The van der Waals surface area contributed by atoms with E-state index in [1.54, 1.807) is 0 Å². The molecular weight excluding hydrogens is 436 g/mol. The molecule has 0 amide bonds. The van der Waals surface area contributed by atoms with Crippen LogP contribution >= 0.6 is 0 Å². The predicted molar refractivity (Wildman–Crippen MR) is 135 cm³/mol. The van der Waals surface area contributed by atoms with Gasteiger partial charge in [-0.2, -0.15) is 0 Å². The minimum Gasteiger partial charge on any atom is -0.391 e. The van der Waals surface area contributed by atoms with E-state index in [1.165, 1.54) is 0 Å². The van der Waals surface area contributed by atoms with Gasteiger partial charge in [-0.05, 0) is 66.2 Å². The second-order valence-corrected chi connectivity index (χ2v) is 13.6. The summed E-state index contributed by atoms with van der Waals surface area (Å²) in [6.07, 6.45) is 9.03. The molecule has 0 aromatic heterocycles. The Morgan fingerprint density at radius 1 is 0.697 bits per heavy atom. The van der Waals surface area contributed by atoms with Crippen molar-refractivity contribution in [2.45, 2.75) is 128 Å². The SMILES string of the molecule is CCCCOCCC(C1CCO1)[Si](OC(C)C)(OC(C)C)C(CCOCCCC)C1CCO1. The van der Waals surface area contributed by atoms with Crippen LogP contribution in [0.2, 0.25) is 11.1 Å². The molecule has 0 N–H and O–H groups in total. The molecule has 4 atom stereocenters. The second-order valence-electron chi connectivity index (χ2n) is 10.2. The zero-order chi connectivity index (χ0) is 24.1. The van der Waals surface area contributed by atoms with Crippen LogP contribution in [0.4, 0.5) is 0 Å². The van der Waals surface area contributed by atoms with Gasteiger partial charge in [-0.25, -0.2) is 0 Å². The highest BCUT2D eigenvalue weighted by Gasteiger charge is 2.60. The van der Waals surface area contributed by atoms with Crippen LogP contribution < -0.4 is 0 Å². The fraction of sp³-hybridized carbons (Fsp3) is 1.00. The number of hydrogen-bond donors (Lipinski definition) is 0. The molecule has 196 valence electrons. The van der Waals surface area contributed by atoms with Gasteiger partial charge < -0.3 is 27.8 Å². The first kappa shape index (κ1) is 29.2. The first-order chi connectivity index (χ1) is 15.9. The molecule has 0 aromatic carbocycles. The molecular formula is C26H52O6Si. The molecule has 0 spiro atoms. The molecule has 2 rings (SSSR count). The topological polar surface area (TPSA) is 55.4 Å². The maximum Gasteiger partial charge on any atom is 0.350 e. The van der Waals surface area contributed by atoms with Crippen molar-refractivity contribution in [2.75, 3.05) is 39.6 Å². The Morgan fingerprint density at radius 2 is 1.09 bits per heavy atom. The molecule has 7 heteroatoms. The third-order valence-electron chi connectivity index (χ3n) is 6.67. The normalized spacial score (nSPS) is 22.9. The van der Waals surface area contributed by atoms with Crippen molar-refractivity contribution in [3.63, 3.8) is 0 Å². The van der Waals surface area contributed by atoms with Gasteiger partial charge in [0.05, 0.1) is 12.2 Å². The average molecular weight is 489 g/mol. The summed E-state index contributed by atoms with van der Waals surface area (Å²) in [6.45, 7) is 17.7. The highest BCUT2D eigenvalue weighted by molar-refractivity contribution is 6.71. The molecule has 2 fully saturated rings. The van der Waals surface area contributed by atoms with Gasteiger partial charge >= 0.3 is 8.56 Å². The molecule has 0 saturated carbocycles. The van der Waals surface area contributed by atoms with Crippen LogP contribution in [0.15, 0.2) is 0 Å². The van der Waals surface area contributed by atoms with Crippen molar-refractivity contribution in [3.05, 3.63) is 0 Å². The quantitative estimate of drug-likeness (QED) is 0.154. The number of unbranched alkanes of at least 4 members (excludes halogenated alkanes) is 2. The molecule has 6 nitrogen and oxygen atoms in total. The Morgan fingerprint density at radius 3 is 1.36 bits per heavy atom. The lowest BCUT2D eigenvalue weighted by Gasteiger charge is -2.52. The molecule has 0 bridgehead atoms. The standard InChI is InChI=1S/C26H52O6Si/c1-7-9-15-27-17-13-25(23-11-19-29-23)33(31-21(3)4,32-22(5)6)26(24-12-20-30-24)14-18-28-16-10-8-2/h21-26H,7-20H2,1-6H3. The lowest BCUT2D eigenvalue weighted by molar-refractivity contribution is -0.0884. The Hall–Kier alpha value is -0.0231. The van der Waals surface area contributed by atoms with Crippen LogP contribution in [0.3, 0.4) is 0 Å². The number of hydrogen-bond acceptors (Lipinski definition) is 6. The summed E-state index contributed by atoms with van der Waals surface area (Å²) in [5, 5.41) is 0. The summed E-state index contributed by atoms with van der Waals surface area (Å²) in [5.74, 6) is 0. The van der Waals surface area contributed by atoms with Crippen molar-refractivity contribution < 1.29 is 27.8 Å². The molecule has 33 heavy (non-hydrogen) atoms. The predicted octanol–water partition coefficient (Wildman–Crippen LogP) is 6.01. The maximum absolute atomic E-state index is 6.99. The summed E-state index contributed by atoms with van der Waals surface area (Å²) in [4.78, 5) is 0. The zero-order valence-electron chi connectivity index (χ0n) is 22.3. The Bertz CT molecular complexity index is 451. The zero-order valence-corrected chi connectivity index (χ0v) is 23.3. The monoisotopic (exact) mass is 488 g/mol. The van der Waals surface area contributed by atoms with Crippen molar-refractivity contribution in [1.82, 2.24) is 0 Å². The van der Waals surface area contributed by atoms with Crippen LogP contribution in [0.25, 0.3) is 0 Å². The van der Waals surface area contributed by atoms with E-state index in [1.807, 2.05) is 0 Å². The van der Waals surface area contributed by atoms with E-state index in [4.69, 9.17) is 27.8 Å². The fourth-order valence-corrected chi connectivity index (χ4v) is 10.3.